The van der Waals surface area contributed by atoms with Gasteiger partial charge in [0.2, 0.25) is 5.91 Å². The summed E-state index contributed by atoms with van der Waals surface area (Å²) < 4.78 is 13.9. The van der Waals surface area contributed by atoms with Crippen LogP contribution in [0.1, 0.15) is 18.7 Å². The molecule has 1 aliphatic rings. The summed E-state index contributed by atoms with van der Waals surface area (Å²) in [7, 11) is 0. The molecule has 29 heavy (non-hydrogen) atoms. The summed E-state index contributed by atoms with van der Waals surface area (Å²) >= 11 is 0. The van der Waals surface area contributed by atoms with Crippen LogP contribution in [0.3, 0.4) is 0 Å². The number of hydrogen-bond donors (Lipinski definition) is 1. The number of carbonyl (C=O) groups is 1. The van der Waals surface area contributed by atoms with Gasteiger partial charge in [-0.15, -0.1) is 0 Å². The van der Waals surface area contributed by atoms with Crippen molar-refractivity contribution in [2.24, 2.45) is 0 Å². The molecule has 3 aromatic rings. The van der Waals surface area contributed by atoms with E-state index in [1.54, 1.807) is 18.2 Å². The zero-order chi connectivity index (χ0) is 20.2. The first-order chi connectivity index (χ1) is 14.1. The van der Waals surface area contributed by atoms with Crippen molar-refractivity contribution < 1.29 is 9.18 Å². The number of aromatic nitrogens is 2. The third-order valence-corrected chi connectivity index (χ3v) is 5.29. The van der Waals surface area contributed by atoms with Crippen LogP contribution < -0.4 is 10.5 Å². The molecule has 0 unspecified atom stereocenters. The topological polar surface area (TPSA) is 69.3 Å². The number of rotatable bonds is 5. The van der Waals surface area contributed by atoms with Crippen LogP contribution in [0.4, 0.5) is 10.1 Å². The number of hydrogen-bond acceptors (Lipinski definition) is 4. The molecule has 0 bridgehead atoms. The molecule has 150 valence electrons. The van der Waals surface area contributed by atoms with Gasteiger partial charge in [0.05, 0.1) is 16.6 Å². The quantitative estimate of drug-likeness (QED) is 0.723. The van der Waals surface area contributed by atoms with E-state index in [2.05, 4.69) is 9.97 Å². The fraction of sp³-hybridized carbons (Fsp3) is 0.318. The maximum absolute atomic E-state index is 13.9. The predicted octanol–water partition coefficient (Wildman–Crippen LogP) is 2.73. The predicted molar refractivity (Wildman–Crippen MR) is 110 cm³/mol. The van der Waals surface area contributed by atoms with Gasteiger partial charge in [0, 0.05) is 39.0 Å². The number of H-pyrrole nitrogens is 1. The highest BCUT2D eigenvalue weighted by Crippen LogP contribution is 2.20. The van der Waals surface area contributed by atoms with Crippen LogP contribution in [-0.4, -0.2) is 47.0 Å². The first kappa shape index (κ1) is 19.1. The van der Waals surface area contributed by atoms with Crippen LogP contribution in [0.2, 0.25) is 0 Å². The summed E-state index contributed by atoms with van der Waals surface area (Å²) in [6.07, 6.45) is 1.56. The van der Waals surface area contributed by atoms with E-state index < -0.39 is 0 Å². The first-order valence-corrected chi connectivity index (χ1v) is 9.87. The number of nitrogens with zero attached hydrogens (tertiary/aromatic N) is 3. The van der Waals surface area contributed by atoms with Crippen LogP contribution >= 0.6 is 0 Å². The molecule has 0 spiro atoms. The van der Waals surface area contributed by atoms with Gasteiger partial charge in [0.1, 0.15) is 11.6 Å². The van der Waals surface area contributed by atoms with Gasteiger partial charge >= 0.3 is 0 Å². The Labute approximate surface area is 168 Å². The Bertz CT molecular complexity index is 1070. The highest BCUT2D eigenvalue weighted by Gasteiger charge is 2.22. The normalized spacial score (nSPS) is 14.4. The van der Waals surface area contributed by atoms with Crippen molar-refractivity contribution >= 4 is 22.5 Å². The molecule has 0 aliphatic carbocycles. The van der Waals surface area contributed by atoms with E-state index in [1.807, 2.05) is 34.1 Å². The minimum atomic E-state index is -0.232. The Morgan fingerprint density at radius 3 is 2.55 bits per heavy atom. The average Bonchev–Trinajstić information content (AvgIpc) is 2.74. The van der Waals surface area contributed by atoms with Crippen molar-refractivity contribution in [2.75, 3.05) is 31.1 Å². The average molecular weight is 394 g/mol. The highest BCUT2D eigenvalue weighted by molar-refractivity contribution is 5.77. The number of halogens is 1. The molecule has 0 radical (unpaired) electrons. The molecular formula is C22H23FN4O2. The lowest BCUT2D eigenvalue weighted by atomic mass is 10.1. The number of aromatic amines is 1. The lowest BCUT2D eigenvalue weighted by molar-refractivity contribution is -0.131. The molecule has 4 rings (SSSR count). The monoisotopic (exact) mass is 394 g/mol. The SMILES string of the molecule is O=C(CCCc1nc2ccccc2c(=O)[nH]1)N1CCN(c2ccccc2F)CC1. The fourth-order valence-electron chi connectivity index (χ4n) is 3.72. The zero-order valence-electron chi connectivity index (χ0n) is 16.1. The summed E-state index contributed by atoms with van der Waals surface area (Å²) in [4.78, 5) is 35.7. The molecule has 1 amide bonds. The number of nitrogens with one attached hydrogen (secondary N) is 1. The van der Waals surface area contributed by atoms with Crippen molar-refractivity contribution in [2.45, 2.75) is 19.3 Å². The third kappa shape index (κ3) is 4.29. The van der Waals surface area contributed by atoms with Crippen LogP contribution in [0.5, 0.6) is 0 Å². The molecule has 1 aliphatic heterocycles. The van der Waals surface area contributed by atoms with Gasteiger partial charge in [-0.25, -0.2) is 9.37 Å². The van der Waals surface area contributed by atoms with Crippen LogP contribution in [0.15, 0.2) is 53.3 Å². The summed E-state index contributed by atoms with van der Waals surface area (Å²) in [5, 5.41) is 0.569. The largest absolute Gasteiger partial charge is 0.366 e. The van der Waals surface area contributed by atoms with Crippen molar-refractivity contribution in [3.63, 3.8) is 0 Å². The summed E-state index contributed by atoms with van der Waals surface area (Å²) in [6.45, 7) is 2.40. The van der Waals surface area contributed by atoms with E-state index in [0.29, 0.717) is 67.9 Å². The standard InChI is InChI=1S/C22H23FN4O2/c23-17-7-2-4-9-19(17)26-12-14-27(15-13-26)21(28)11-5-10-20-24-18-8-3-1-6-16(18)22(29)25-20/h1-4,6-9H,5,10-15H2,(H,24,25,29). The summed E-state index contributed by atoms with van der Waals surface area (Å²) in [6, 6.07) is 13.9. The first-order valence-electron chi connectivity index (χ1n) is 9.87. The third-order valence-electron chi connectivity index (χ3n) is 5.29. The van der Waals surface area contributed by atoms with Gasteiger partial charge in [0.25, 0.3) is 5.56 Å². The summed E-state index contributed by atoms with van der Waals surface area (Å²) in [5.74, 6) is 0.455. The van der Waals surface area contributed by atoms with E-state index >= 15 is 0 Å². The van der Waals surface area contributed by atoms with E-state index in [9.17, 15) is 14.0 Å². The Hall–Kier alpha value is -3.22. The second kappa shape index (κ2) is 8.43. The molecule has 7 heteroatoms. The van der Waals surface area contributed by atoms with Gasteiger partial charge in [-0.1, -0.05) is 24.3 Å². The number of para-hydroxylation sites is 2. The number of amides is 1. The number of carbonyl (C=O) groups excluding carboxylic acids is 1. The second-order valence-corrected chi connectivity index (χ2v) is 7.20. The maximum Gasteiger partial charge on any atom is 0.258 e. The Morgan fingerprint density at radius 2 is 1.76 bits per heavy atom. The fourth-order valence-corrected chi connectivity index (χ4v) is 3.72. The molecule has 6 nitrogen and oxygen atoms in total. The van der Waals surface area contributed by atoms with Crippen molar-refractivity contribution in [3.05, 3.63) is 70.5 Å². The minimum Gasteiger partial charge on any atom is -0.366 e. The van der Waals surface area contributed by atoms with Crippen LogP contribution in [-0.2, 0) is 11.2 Å². The molecule has 1 N–H and O–H groups in total. The Kier molecular flexibility index (Phi) is 5.55. The van der Waals surface area contributed by atoms with Crippen molar-refractivity contribution in [1.82, 2.24) is 14.9 Å². The number of fused-ring (bicyclic) bond motifs is 1. The maximum atomic E-state index is 13.9. The number of anilines is 1. The molecule has 1 fully saturated rings. The molecule has 2 heterocycles. The molecule has 0 atom stereocenters. The van der Waals surface area contributed by atoms with E-state index in [4.69, 9.17) is 0 Å². The van der Waals surface area contributed by atoms with Gasteiger partial charge in [-0.3, -0.25) is 9.59 Å². The molecular weight excluding hydrogens is 371 g/mol. The zero-order valence-corrected chi connectivity index (χ0v) is 16.1. The van der Waals surface area contributed by atoms with Gasteiger partial charge in [-0.2, -0.15) is 0 Å². The Morgan fingerprint density at radius 1 is 1.03 bits per heavy atom. The van der Waals surface area contributed by atoms with E-state index in [1.165, 1.54) is 6.07 Å². The number of piperazine rings is 1. The van der Waals surface area contributed by atoms with Crippen molar-refractivity contribution in [3.8, 4) is 0 Å². The van der Waals surface area contributed by atoms with Gasteiger partial charge < -0.3 is 14.8 Å². The number of aryl methyl sites for hydroxylation is 1. The van der Waals surface area contributed by atoms with E-state index in [-0.39, 0.29) is 17.3 Å². The molecule has 2 aromatic carbocycles. The number of benzene rings is 2. The second-order valence-electron chi connectivity index (χ2n) is 7.20. The van der Waals surface area contributed by atoms with Gasteiger partial charge in [0.15, 0.2) is 0 Å². The summed E-state index contributed by atoms with van der Waals surface area (Å²) in [5.41, 5.74) is 1.11. The lowest BCUT2D eigenvalue weighted by Gasteiger charge is -2.36. The van der Waals surface area contributed by atoms with Gasteiger partial charge in [-0.05, 0) is 30.7 Å². The molecule has 0 saturated carbocycles. The Balaban J connectivity index is 1.29. The molecule has 1 aromatic heterocycles. The highest BCUT2D eigenvalue weighted by atomic mass is 19.1. The van der Waals surface area contributed by atoms with Crippen molar-refractivity contribution in [1.29, 1.82) is 0 Å². The lowest BCUT2D eigenvalue weighted by Crippen LogP contribution is -2.49. The van der Waals surface area contributed by atoms with Crippen LogP contribution in [0, 0.1) is 5.82 Å². The van der Waals surface area contributed by atoms with Crippen LogP contribution in [0.25, 0.3) is 10.9 Å². The van der Waals surface area contributed by atoms with E-state index in [0.717, 1.165) is 0 Å². The molecule has 1 saturated heterocycles. The smallest absolute Gasteiger partial charge is 0.258 e. The minimum absolute atomic E-state index is 0.0846.